The molecule has 0 aliphatic rings. The molecule has 1 N–H and O–H groups in total. The minimum Gasteiger partial charge on any atom is -0.488 e. The molecule has 1 aromatic heterocycles. The third-order valence-corrected chi connectivity index (χ3v) is 3.72. The molecular weight excluding hydrogens is 347 g/mol. The zero-order valence-corrected chi connectivity index (χ0v) is 12.4. The van der Waals surface area contributed by atoms with Crippen molar-refractivity contribution in [1.82, 2.24) is 4.98 Å². The minimum absolute atomic E-state index is 0.573. The Morgan fingerprint density at radius 2 is 2.12 bits per heavy atom. The summed E-state index contributed by atoms with van der Waals surface area (Å²) < 4.78 is 6.89. The van der Waals surface area contributed by atoms with Crippen LogP contribution in [0.5, 0.6) is 5.75 Å². The van der Waals surface area contributed by atoms with Crippen LogP contribution < -0.4 is 10.1 Å². The van der Waals surface area contributed by atoms with Gasteiger partial charge in [0.15, 0.2) is 5.13 Å². The number of benzene rings is 1. The molecule has 17 heavy (non-hydrogen) atoms. The molecular formula is C12H13IN2OS. The molecule has 0 fully saturated rings. The van der Waals surface area contributed by atoms with Crippen molar-refractivity contribution in [3.8, 4) is 5.75 Å². The van der Waals surface area contributed by atoms with Crippen LogP contribution in [0.2, 0.25) is 0 Å². The molecule has 0 atom stereocenters. The van der Waals surface area contributed by atoms with E-state index in [0.29, 0.717) is 6.61 Å². The van der Waals surface area contributed by atoms with Crippen LogP contribution in [0.3, 0.4) is 0 Å². The lowest BCUT2D eigenvalue weighted by atomic mass is 10.3. The lowest BCUT2D eigenvalue weighted by molar-refractivity contribution is 0.309. The van der Waals surface area contributed by atoms with Crippen molar-refractivity contribution >= 4 is 39.1 Å². The first-order valence-electron chi connectivity index (χ1n) is 5.35. The van der Waals surface area contributed by atoms with E-state index in [2.05, 4.69) is 39.8 Å². The predicted octanol–water partition coefficient (Wildman–Crippen LogP) is 3.76. The normalized spacial score (nSPS) is 10.2. The quantitative estimate of drug-likeness (QED) is 0.825. The van der Waals surface area contributed by atoms with Crippen molar-refractivity contribution in [1.29, 1.82) is 0 Å². The molecule has 0 bridgehead atoms. The van der Waals surface area contributed by atoms with E-state index in [1.807, 2.05) is 30.5 Å². The summed E-state index contributed by atoms with van der Waals surface area (Å²) in [6.45, 7) is 3.53. The van der Waals surface area contributed by atoms with Gasteiger partial charge in [-0.15, -0.1) is 0 Å². The summed E-state index contributed by atoms with van der Waals surface area (Å²) in [5, 5.41) is 4.14. The molecule has 1 heterocycles. The first-order chi connectivity index (χ1) is 8.28. The van der Waals surface area contributed by atoms with Gasteiger partial charge in [-0.05, 0) is 53.8 Å². The Morgan fingerprint density at radius 1 is 1.35 bits per heavy atom. The van der Waals surface area contributed by atoms with Crippen molar-refractivity contribution in [3.05, 3.63) is 38.9 Å². The summed E-state index contributed by atoms with van der Waals surface area (Å²) in [6, 6.07) is 8.03. The maximum atomic E-state index is 5.68. The SMILES string of the molecule is CCNc1ncc(COc2ccc(I)cc2)s1. The summed E-state index contributed by atoms with van der Waals surface area (Å²) in [5.74, 6) is 0.892. The van der Waals surface area contributed by atoms with E-state index in [1.54, 1.807) is 11.3 Å². The second kappa shape index (κ2) is 6.20. The summed E-state index contributed by atoms with van der Waals surface area (Å²) >= 11 is 3.91. The lowest BCUT2D eigenvalue weighted by Gasteiger charge is -2.03. The number of anilines is 1. The number of hydrogen-bond donors (Lipinski definition) is 1. The highest BCUT2D eigenvalue weighted by Crippen LogP contribution is 2.20. The van der Waals surface area contributed by atoms with Gasteiger partial charge in [0, 0.05) is 16.3 Å². The predicted molar refractivity (Wildman–Crippen MR) is 79.8 cm³/mol. The summed E-state index contributed by atoms with van der Waals surface area (Å²) in [4.78, 5) is 5.38. The van der Waals surface area contributed by atoms with Gasteiger partial charge >= 0.3 is 0 Å². The Bertz CT molecular complexity index is 470. The third-order valence-electron chi connectivity index (χ3n) is 2.08. The van der Waals surface area contributed by atoms with E-state index < -0.39 is 0 Å². The van der Waals surface area contributed by atoms with Crippen LogP contribution in [0.25, 0.3) is 0 Å². The number of aromatic nitrogens is 1. The van der Waals surface area contributed by atoms with Gasteiger partial charge in [0.25, 0.3) is 0 Å². The molecule has 2 aromatic rings. The van der Waals surface area contributed by atoms with Crippen LogP contribution in [0.15, 0.2) is 30.5 Å². The van der Waals surface area contributed by atoms with Crippen molar-refractivity contribution in [2.24, 2.45) is 0 Å². The van der Waals surface area contributed by atoms with E-state index >= 15 is 0 Å². The average molecular weight is 360 g/mol. The standard InChI is InChI=1S/C12H13IN2OS/c1-2-14-12-15-7-11(17-12)8-16-10-5-3-9(13)4-6-10/h3-7H,2,8H2,1H3,(H,14,15). The van der Waals surface area contributed by atoms with Crippen LogP contribution in [-0.2, 0) is 6.61 Å². The second-order valence-corrected chi connectivity index (χ2v) is 5.77. The van der Waals surface area contributed by atoms with Gasteiger partial charge in [-0.2, -0.15) is 0 Å². The number of thiazole rings is 1. The minimum atomic E-state index is 0.573. The summed E-state index contributed by atoms with van der Waals surface area (Å²) in [5.41, 5.74) is 0. The smallest absolute Gasteiger partial charge is 0.182 e. The zero-order valence-electron chi connectivity index (χ0n) is 9.44. The molecule has 0 unspecified atom stereocenters. The van der Waals surface area contributed by atoms with Crippen LogP contribution in [-0.4, -0.2) is 11.5 Å². The van der Waals surface area contributed by atoms with Crippen molar-refractivity contribution in [3.63, 3.8) is 0 Å². The highest BCUT2D eigenvalue weighted by molar-refractivity contribution is 14.1. The van der Waals surface area contributed by atoms with Crippen LogP contribution in [0.4, 0.5) is 5.13 Å². The summed E-state index contributed by atoms with van der Waals surface area (Å²) in [7, 11) is 0. The number of hydrogen-bond acceptors (Lipinski definition) is 4. The maximum Gasteiger partial charge on any atom is 0.182 e. The molecule has 0 aliphatic carbocycles. The summed E-state index contributed by atoms with van der Waals surface area (Å²) in [6.07, 6.45) is 1.86. The highest BCUT2D eigenvalue weighted by Gasteiger charge is 2.01. The Balaban J connectivity index is 1.90. The first-order valence-corrected chi connectivity index (χ1v) is 7.24. The fourth-order valence-corrected chi connectivity index (χ4v) is 2.45. The molecule has 0 saturated carbocycles. The number of nitrogens with one attached hydrogen (secondary N) is 1. The fraction of sp³-hybridized carbons (Fsp3) is 0.250. The van der Waals surface area contributed by atoms with Gasteiger partial charge < -0.3 is 10.1 Å². The van der Waals surface area contributed by atoms with Gasteiger partial charge in [-0.1, -0.05) is 11.3 Å². The van der Waals surface area contributed by atoms with E-state index in [1.165, 1.54) is 3.57 Å². The first kappa shape index (κ1) is 12.6. The largest absolute Gasteiger partial charge is 0.488 e. The molecule has 0 amide bonds. The van der Waals surface area contributed by atoms with Gasteiger partial charge in [0.1, 0.15) is 12.4 Å². The van der Waals surface area contributed by atoms with Crippen molar-refractivity contribution in [2.75, 3.05) is 11.9 Å². The Hall–Kier alpha value is -0.820. The van der Waals surface area contributed by atoms with Gasteiger partial charge in [-0.3, -0.25) is 0 Å². The number of halogens is 1. The zero-order chi connectivity index (χ0) is 12.1. The molecule has 0 radical (unpaired) electrons. The molecule has 1 aromatic carbocycles. The topological polar surface area (TPSA) is 34.2 Å². The second-order valence-electron chi connectivity index (χ2n) is 3.40. The van der Waals surface area contributed by atoms with Crippen LogP contribution in [0.1, 0.15) is 11.8 Å². The monoisotopic (exact) mass is 360 g/mol. The maximum absolute atomic E-state index is 5.68. The lowest BCUT2D eigenvalue weighted by Crippen LogP contribution is -1.94. The van der Waals surface area contributed by atoms with E-state index in [4.69, 9.17) is 4.74 Å². The molecule has 5 heteroatoms. The Labute approximate surface area is 118 Å². The molecule has 0 aliphatic heterocycles. The molecule has 2 rings (SSSR count). The van der Waals surface area contributed by atoms with Crippen molar-refractivity contribution < 1.29 is 4.74 Å². The molecule has 90 valence electrons. The Kier molecular flexibility index (Phi) is 4.61. The van der Waals surface area contributed by atoms with Crippen molar-refractivity contribution in [2.45, 2.75) is 13.5 Å². The van der Waals surface area contributed by atoms with Crippen LogP contribution in [0, 0.1) is 3.57 Å². The van der Waals surface area contributed by atoms with E-state index in [-0.39, 0.29) is 0 Å². The van der Waals surface area contributed by atoms with Gasteiger partial charge in [-0.25, -0.2) is 4.98 Å². The number of nitrogens with zero attached hydrogens (tertiary/aromatic N) is 1. The third kappa shape index (κ3) is 3.85. The average Bonchev–Trinajstić information content (AvgIpc) is 2.77. The van der Waals surface area contributed by atoms with Crippen LogP contribution >= 0.6 is 33.9 Å². The molecule has 0 saturated heterocycles. The Morgan fingerprint density at radius 3 is 2.82 bits per heavy atom. The van der Waals surface area contributed by atoms with E-state index in [9.17, 15) is 0 Å². The van der Waals surface area contributed by atoms with Gasteiger partial charge in [0.05, 0.1) is 4.88 Å². The van der Waals surface area contributed by atoms with Gasteiger partial charge in [0.2, 0.25) is 0 Å². The molecule has 3 nitrogen and oxygen atoms in total. The van der Waals surface area contributed by atoms with E-state index in [0.717, 1.165) is 22.3 Å². The molecule has 0 spiro atoms. The highest BCUT2D eigenvalue weighted by atomic mass is 127. The number of ether oxygens (including phenoxy) is 1. The number of rotatable bonds is 5. The fourth-order valence-electron chi connectivity index (χ4n) is 1.29.